The van der Waals surface area contributed by atoms with E-state index in [1.807, 2.05) is 91.9 Å². The van der Waals surface area contributed by atoms with Crippen LogP contribution < -0.4 is 10.0 Å². The van der Waals surface area contributed by atoms with Crippen LogP contribution in [0.15, 0.2) is 145 Å². The van der Waals surface area contributed by atoms with E-state index in [4.69, 9.17) is 9.47 Å². The van der Waals surface area contributed by atoms with Crippen LogP contribution in [0.1, 0.15) is 77.9 Å². The van der Waals surface area contributed by atoms with Gasteiger partial charge in [-0.15, -0.1) is 6.58 Å². The van der Waals surface area contributed by atoms with Gasteiger partial charge in [-0.2, -0.15) is 4.72 Å². The van der Waals surface area contributed by atoms with Crippen molar-refractivity contribution in [3.05, 3.63) is 173 Å². The lowest BCUT2D eigenvalue weighted by molar-refractivity contribution is -0.253. The molecule has 1 heterocycles. The quantitative estimate of drug-likeness (QED) is 0.0809. The Morgan fingerprint density at radius 3 is 2.22 bits per heavy atom. The molecule has 4 unspecified atom stereocenters. The zero-order valence-corrected chi connectivity index (χ0v) is 34.5. The molecular weight excluding hydrogens is 759 g/mol. The van der Waals surface area contributed by atoms with Crippen LogP contribution in [-0.4, -0.2) is 55.6 Å². The molecule has 9 nitrogen and oxygen atoms in total. The number of aliphatic hydroxyl groups excluding tert-OH is 1. The number of hydrogen-bond donors (Lipinski definition) is 3. The number of ether oxygens (including phenoxy) is 2. The fraction of sp³-hybridized carbons (Fsp3) is 0.327. The molecule has 1 amide bonds. The second kappa shape index (κ2) is 19.9. The van der Waals surface area contributed by atoms with Gasteiger partial charge >= 0.3 is 0 Å². The molecule has 1 saturated carbocycles. The minimum atomic E-state index is -3.96. The molecule has 0 aromatic heterocycles. The molecule has 0 radical (unpaired) electrons. The third-order valence-corrected chi connectivity index (χ3v) is 12.9. The molecule has 0 bridgehead atoms. The van der Waals surface area contributed by atoms with E-state index in [0.29, 0.717) is 6.04 Å². The van der Waals surface area contributed by atoms with Crippen molar-refractivity contribution in [2.45, 2.75) is 94.1 Å². The van der Waals surface area contributed by atoms with E-state index in [2.05, 4.69) is 45.8 Å². The summed E-state index contributed by atoms with van der Waals surface area (Å²) >= 11 is 0. The van der Waals surface area contributed by atoms with E-state index in [1.54, 1.807) is 24.3 Å². The van der Waals surface area contributed by atoms with Crippen molar-refractivity contribution >= 4 is 15.9 Å². The minimum absolute atomic E-state index is 0.00390. The molecule has 1 aliphatic carbocycles. The molecule has 1 saturated heterocycles. The summed E-state index contributed by atoms with van der Waals surface area (Å²) in [7, 11) is -3.96. The summed E-state index contributed by atoms with van der Waals surface area (Å²) in [6, 6.07) is 39.6. The molecule has 5 aromatic carbocycles. The molecule has 2 fully saturated rings. The van der Waals surface area contributed by atoms with Gasteiger partial charge in [0, 0.05) is 37.7 Å². The van der Waals surface area contributed by atoms with Gasteiger partial charge in [-0.1, -0.05) is 134 Å². The largest absolute Gasteiger partial charge is 0.392 e. The number of amides is 1. The van der Waals surface area contributed by atoms with E-state index in [0.717, 1.165) is 64.0 Å². The highest BCUT2D eigenvalue weighted by atomic mass is 32.2. The number of nitrogens with zero attached hydrogens (tertiary/aromatic N) is 1. The number of benzene rings is 5. The van der Waals surface area contributed by atoms with Gasteiger partial charge in [0.15, 0.2) is 6.29 Å². The summed E-state index contributed by atoms with van der Waals surface area (Å²) in [6.07, 6.45) is 7.05. The molecule has 4 atom stereocenters. The fourth-order valence-electron chi connectivity index (χ4n) is 8.12. The van der Waals surface area contributed by atoms with Crippen molar-refractivity contribution in [1.82, 2.24) is 14.9 Å². The first-order chi connectivity index (χ1) is 28.7. The van der Waals surface area contributed by atoms with E-state index >= 15 is 0 Å². The second-order valence-corrected chi connectivity index (χ2v) is 17.5. The first-order valence-corrected chi connectivity index (χ1v) is 22.1. The molecule has 10 heteroatoms. The summed E-state index contributed by atoms with van der Waals surface area (Å²) in [5.74, 6) is -0.413. The number of hydrogen-bond acceptors (Lipinski definition) is 7. The zero-order valence-electron chi connectivity index (χ0n) is 33.7. The van der Waals surface area contributed by atoms with Gasteiger partial charge in [-0.05, 0) is 77.8 Å². The minimum Gasteiger partial charge on any atom is -0.392 e. The Labute approximate surface area is 349 Å². The van der Waals surface area contributed by atoms with Crippen molar-refractivity contribution in [3.8, 4) is 11.1 Å². The van der Waals surface area contributed by atoms with Crippen molar-refractivity contribution in [3.63, 3.8) is 0 Å². The van der Waals surface area contributed by atoms with Crippen LogP contribution in [0.25, 0.3) is 11.1 Å². The highest BCUT2D eigenvalue weighted by molar-refractivity contribution is 7.89. The fourth-order valence-corrected chi connectivity index (χ4v) is 9.31. The third-order valence-electron chi connectivity index (χ3n) is 11.4. The molecular formula is C49H55N3O6S. The Kier molecular flexibility index (Phi) is 14.2. The van der Waals surface area contributed by atoms with Gasteiger partial charge in [0.1, 0.15) is 6.04 Å². The lowest BCUT2D eigenvalue weighted by Crippen LogP contribution is -2.47. The van der Waals surface area contributed by atoms with Crippen LogP contribution in [0, 0.1) is 6.92 Å². The van der Waals surface area contributed by atoms with Gasteiger partial charge < -0.3 is 19.9 Å². The van der Waals surface area contributed by atoms with Crippen molar-refractivity contribution < 1.29 is 27.8 Å². The normalized spacial score (nSPS) is 19.1. The van der Waals surface area contributed by atoms with Crippen molar-refractivity contribution in [1.29, 1.82) is 0 Å². The standard InChI is InChI=1S/C49H55N3O6S/c1-3-28-52(43-14-7-8-15-43)33-44-31-47(40-20-18-37(34-53)19-21-40)58-49(57-44)41-24-22-39(23-25-41)42-13-9-12-38(29-42)32-50-48(54)46(30-36-10-5-4-6-11-36)51-59(55,56)45-26-16-35(2)17-27-45/h3-6,9-13,16-27,29,43-44,46-47,49,51,53H,1,7-8,14-15,28,30-34H2,2H3,(H,50,54). The predicted octanol–water partition coefficient (Wildman–Crippen LogP) is 8.34. The van der Waals surface area contributed by atoms with Crippen LogP contribution in [0.5, 0.6) is 0 Å². The van der Waals surface area contributed by atoms with Gasteiger partial charge in [0.25, 0.3) is 0 Å². The summed E-state index contributed by atoms with van der Waals surface area (Å²) in [5.41, 5.74) is 7.49. The van der Waals surface area contributed by atoms with E-state index < -0.39 is 28.3 Å². The van der Waals surface area contributed by atoms with Crippen LogP contribution in [0.4, 0.5) is 0 Å². The smallest absolute Gasteiger partial charge is 0.241 e. The number of nitrogens with one attached hydrogen (secondary N) is 2. The second-order valence-electron chi connectivity index (χ2n) is 15.7. The van der Waals surface area contributed by atoms with Gasteiger partial charge in [-0.3, -0.25) is 9.69 Å². The summed E-state index contributed by atoms with van der Waals surface area (Å²) in [6.45, 7) is 7.77. The molecule has 0 spiro atoms. The molecule has 5 aromatic rings. The molecule has 7 rings (SSSR count). The Balaban J connectivity index is 1.04. The third kappa shape index (κ3) is 11.2. The molecule has 1 aliphatic heterocycles. The molecule has 3 N–H and O–H groups in total. The number of aliphatic hydroxyl groups is 1. The van der Waals surface area contributed by atoms with Gasteiger partial charge in [0.2, 0.25) is 15.9 Å². The average Bonchev–Trinajstić information content (AvgIpc) is 3.81. The van der Waals surface area contributed by atoms with Crippen LogP contribution in [-0.2, 0) is 43.9 Å². The zero-order chi connectivity index (χ0) is 41.2. The van der Waals surface area contributed by atoms with Gasteiger partial charge in [-0.25, -0.2) is 8.42 Å². The molecule has 2 aliphatic rings. The number of carbonyl (C=O) groups is 1. The van der Waals surface area contributed by atoms with E-state index in [9.17, 15) is 18.3 Å². The Morgan fingerprint density at radius 1 is 0.831 bits per heavy atom. The number of carbonyl (C=O) groups excluding carboxylic acids is 1. The summed E-state index contributed by atoms with van der Waals surface area (Å²) in [5, 5.41) is 12.6. The SMILES string of the molecule is C=CCN(CC1CC(c2ccc(CO)cc2)OC(c2ccc(-c3cccc(CNC(=O)C(Cc4ccccc4)NS(=O)(=O)c4ccc(C)cc4)c3)cc2)O1)C1CCCC1. The van der Waals surface area contributed by atoms with Crippen LogP contribution in [0.3, 0.4) is 0 Å². The highest BCUT2D eigenvalue weighted by Crippen LogP contribution is 2.39. The number of aryl methyl sites for hydroxylation is 1. The van der Waals surface area contributed by atoms with Crippen molar-refractivity contribution in [2.75, 3.05) is 13.1 Å². The predicted molar refractivity (Wildman–Crippen MR) is 232 cm³/mol. The lowest BCUT2D eigenvalue weighted by Gasteiger charge is -2.39. The highest BCUT2D eigenvalue weighted by Gasteiger charge is 2.35. The van der Waals surface area contributed by atoms with Crippen LogP contribution in [0.2, 0.25) is 0 Å². The first-order valence-electron chi connectivity index (χ1n) is 20.6. The Hall–Kier alpha value is -4.94. The average molecular weight is 814 g/mol. The van der Waals surface area contributed by atoms with Crippen molar-refractivity contribution in [2.24, 2.45) is 0 Å². The molecule has 59 heavy (non-hydrogen) atoms. The first kappa shape index (κ1) is 42.2. The Morgan fingerprint density at radius 2 is 1.53 bits per heavy atom. The monoisotopic (exact) mass is 813 g/mol. The molecule has 308 valence electrons. The van der Waals surface area contributed by atoms with E-state index in [1.165, 1.54) is 25.7 Å². The topological polar surface area (TPSA) is 117 Å². The maximum atomic E-state index is 13.7. The maximum Gasteiger partial charge on any atom is 0.241 e. The van der Waals surface area contributed by atoms with Gasteiger partial charge in [0.05, 0.1) is 23.7 Å². The number of rotatable bonds is 17. The number of sulfonamides is 1. The maximum absolute atomic E-state index is 13.7. The van der Waals surface area contributed by atoms with Crippen LogP contribution >= 0.6 is 0 Å². The lowest BCUT2D eigenvalue weighted by atomic mass is 9.98. The summed E-state index contributed by atoms with van der Waals surface area (Å²) in [4.78, 5) is 16.3. The summed E-state index contributed by atoms with van der Waals surface area (Å²) < 4.78 is 42.8. The Bertz CT molecular complexity index is 2240. The van der Waals surface area contributed by atoms with E-state index in [-0.39, 0.29) is 36.7 Å².